The van der Waals surface area contributed by atoms with E-state index in [1.165, 1.54) is 32.8 Å². The Balaban J connectivity index is 2.12. The second kappa shape index (κ2) is 1.20. The fourth-order valence-corrected chi connectivity index (χ4v) is 1.66. The first-order valence-corrected chi connectivity index (χ1v) is 3.12. The maximum atomic E-state index is 1.83. The highest BCUT2D eigenvalue weighted by Crippen LogP contribution is 1.61. The summed E-state index contributed by atoms with van der Waals surface area (Å²) >= 11 is 0. The topological polar surface area (TPSA) is 8.88 Å². The van der Waals surface area contributed by atoms with Crippen molar-refractivity contribution in [3.8, 4) is 0 Å². The van der Waals surface area contributed by atoms with Crippen molar-refractivity contribution in [3.05, 3.63) is 0 Å². The lowest BCUT2D eigenvalue weighted by atomic mass is 10.4. The fourth-order valence-electron chi connectivity index (χ4n) is 1.66. The Kier molecular flexibility index (Phi) is 0.664. The van der Waals surface area contributed by atoms with E-state index in [9.17, 15) is 0 Å². The van der Waals surface area contributed by atoms with Crippen molar-refractivity contribution in [2.75, 3.05) is 32.8 Å². The van der Waals surface area contributed by atoms with Gasteiger partial charge in [-0.25, -0.2) is 0 Å². The van der Waals surface area contributed by atoms with Crippen molar-refractivity contribution in [1.29, 1.82) is 0 Å². The van der Waals surface area contributed by atoms with Crippen LogP contribution in [0.5, 0.6) is 0 Å². The normalized spacial score (nSPS) is 48.0. The van der Waals surface area contributed by atoms with Gasteiger partial charge in [-0.1, -0.05) is 0 Å². The Hall–Kier alpha value is -0.0800. The van der Waals surface area contributed by atoms with Crippen molar-refractivity contribution >= 4 is 0 Å². The van der Waals surface area contributed by atoms with Gasteiger partial charge in [-0.2, -0.15) is 0 Å². The maximum absolute atomic E-state index is 1.83. The minimum atomic E-state index is 1.42. The molecule has 0 radical (unpaired) electrons. The summed E-state index contributed by atoms with van der Waals surface area (Å²) in [5.74, 6) is 0. The molecule has 2 rings (SSSR count). The Morgan fingerprint density at radius 1 is 0.714 bits per heavy atom. The molecular weight excluding hydrogens is 88.1 g/mol. The van der Waals surface area contributed by atoms with Gasteiger partial charge in [-0.3, -0.25) is 9.80 Å². The summed E-state index contributed by atoms with van der Waals surface area (Å²) in [6.45, 7) is 7.18. The molecule has 2 aliphatic heterocycles. The third-order valence-corrected chi connectivity index (χ3v) is 2.16. The van der Waals surface area contributed by atoms with E-state index in [1.54, 1.807) is 0 Å². The Labute approximate surface area is 43.7 Å². The molecule has 2 heterocycles. The van der Waals surface area contributed by atoms with Crippen molar-refractivity contribution in [1.82, 2.24) is 0 Å². The molecule has 0 spiro atoms. The van der Waals surface area contributed by atoms with Crippen molar-refractivity contribution < 1.29 is 9.80 Å². The smallest absolute Gasteiger partial charge is 0.205 e. The lowest BCUT2D eigenvalue weighted by Gasteiger charge is -2.02. The molecule has 0 unspecified atom stereocenters. The predicted molar refractivity (Wildman–Crippen MR) is 26.3 cm³/mol. The summed E-state index contributed by atoms with van der Waals surface area (Å²) in [6, 6.07) is 0. The van der Waals surface area contributed by atoms with Gasteiger partial charge >= 0.3 is 0 Å². The summed E-state index contributed by atoms with van der Waals surface area (Å²) in [4.78, 5) is 3.66. The second-order valence-corrected chi connectivity index (χ2v) is 2.68. The summed E-state index contributed by atoms with van der Waals surface area (Å²) in [5, 5.41) is 0. The number of quaternary nitrogens is 2. The monoisotopic (exact) mass is 100 g/mol. The first-order chi connectivity index (χ1) is 3.45. The fraction of sp³-hybridized carbons (Fsp3) is 1.00. The SMILES string of the molecule is C1C[NH+]2CC[NH+]1C2. The average Bonchev–Trinajstić information content (AvgIpc) is 2.22. The minimum absolute atomic E-state index is 1.42. The highest BCUT2D eigenvalue weighted by Gasteiger charge is 2.33. The molecule has 0 atom stereocenters. The van der Waals surface area contributed by atoms with Gasteiger partial charge in [0.2, 0.25) is 6.67 Å². The van der Waals surface area contributed by atoms with Crippen LogP contribution in [-0.2, 0) is 0 Å². The molecule has 0 saturated carbocycles. The van der Waals surface area contributed by atoms with Gasteiger partial charge in [-0.15, -0.1) is 0 Å². The van der Waals surface area contributed by atoms with Gasteiger partial charge in [0.15, 0.2) is 0 Å². The first kappa shape index (κ1) is 3.87. The number of nitrogens with one attached hydrogen (secondary N) is 2. The van der Waals surface area contributed by atoms with Crippen LogP contribution in [0.2, 0.25) is 0 Å². The van der Waals surface area contributed by atoms with Crippen LogP contribution in [0.15, 0.2) is 0 Å². The van der Waals surface area contributed by atoms with Crippen LogP contribution < -0.4 is 9.80 Å². The summed E-state index contributed by atoms with van der Waals surface area (Å²) in [7, 11) is 0. The molecule has 40 valence electrons. The van der Waals surface area contributed by atoms with E-state index < -0.39 is 0 Å². The number of hydrogen-bond acceptors (Lipinski definition) is 0. The number of hydrogen-bond donors (Lipinski definition) is 2. The molecule has 2 aliphatic rings. The molecule has 7 heavy (non-hydrogen) atoms. The van der Waals surface area contributed by atoms with Crippen molar-refractivity contribution in [2.24, 2.45) is 0 Å². The van der Waals surface area contributed by atoms with Gasteiger partial charge in [0.25, 0.3) is 0 Å². The van der Waals surface area contributed by atoms with Crippen LogP contribution in [0.4, 0.5) is 0 Å². The largest absolute Gasteiger partial charge is 0.279 e. The number of rotatable bonds is 0. The maximum Gasteiger partial charge on any atom is 0.205 e. The molecule has 2 saturated heterocycles. The molecule has 2 fully saturated rings. The van der Waals surface area contributed by atoms with E-state index in [2.05, 4.69) is 0 Å². The zero-order valence-electron chi connectivity index (χ0n) is 4.54. The van der Waals surface area contributed by atoms with E-state index in [0.29, 0.717) is 0 Å². The molecule has 2 bridgehead atoms. The first-order valence-electron chi connectivity index (χ1n) is 3.12. The molecule has 0 aliphatic carbocycles. The zero-order chi connectivity index (χ0) is 4.69. The van der Waals surface area contributed by atoms with Crippen LogP contribution in [0.3, 0.4) is 0 Å². The van der Waals surface area contributed by atoms with Gasteiger partial charge < -0.3 is 0 Å². The van der Waals surface area contributed by atoms with E-state index in [1.807, 2.05) is 9.80 Å². The van der Waals surface area contributed by atoms with E-state index in [4.69, 9.17) is 0 Å². The Bertz CT molecular complexity index is 64.1. The van der Waals surface area contributed by atoms with Crippen molar-refractivity contribution in [3.63, 3.8) is 0 Å². The number of piperazine rings is 1. The number of fused-ring (bicyclic) bond motifs is 2. The van der Waals surface area contributed by atoms with E-state index >= 15 is 0 Å². The minimum Gasteiger partial charge on any atom is -0.279 e. The van der Waals surface area contributed by atoms with Gasteiger partial charge in [0, 0.05) is 0 Å². The third-order valence-electron chi connectivity index (χ3n) is 2.16. The van der Waals surface area contributed by atoms with Crippen molar-refractivity contribution in [2.45, 2.75) is 0 Å². The van der Waals surface area contributed by atoms with Gasteiger partial charge in [0.1, 0.15) is 26.2 Å². The average molecular weight is 100 g/mol. The second-order valence-electron chi connectivity index (χ2n) is 2.68. The molecule has 2 heteroatoms. The molecule has 0 aromatic heterocycles. The summed E-state index contributed by atoms with van der Waals surface area (Å²) in [6.07, 6.45) is 0. The zero-order valence-corrected chi connectivity index (χ0v) is 4.54. The lowest BCUT2D eigenvalue weighted by Crippen LogP contribution is -3.14. The molecule has 0 amide bonds. The molecule has 2 N–H and O–H groups in total. The Morgan fingerprint density at radius 3 is 1.29 bits per heavy atom. The highest BCUT2D eigenvalue weighted by atomic mass is 15.4. The van der Waals surface area contributed by atoms with Gasteiger partial charge in [-0.05, 0) is 0 Å². The third kappa shape index (κ3) is 0.469. The van der Waals surface area contributed by atoms with Crippen LogP contribution in [0.25, 0.3) is 0 Å². The van der Waals surface area contributed by atoms with Crippen LogP contribution in [0.1, 0.15) is 0 Å². The standard InChI is InChI=1S/C5H10N2/c1-2-7-4-3-6(1)5-7/h1-5H2/p+2. The predicted octanol–water partition coefficient (Wildman–Crippen LogP) is -3.26. The quantitative estimate of drug-likeness (QED) is 0.316. The van der Waals surface area contributed by atoms with Crippen LogP contribution >= 0.6 is 0 Å². The molecule has 0 aromatic carbocycles. The molecule has 0 aromatic rings. The van der Waals surface area contributed by atoms with Gasteiger partial charge in [0.05, 0.1) is 0 Å². The van der Waals surface area contributed by atoms with Crippen LogP contribution in [-0.4, -0.2) is 32.8 Å². The highest BCUT2D eigenvalue weighted by molar-refractivity contribution is 4.39. The lowest BCUT2D eigenvalue weighted by molar-refractivity contribution is -0.962. The van der Waals surface area contributed by atoms with E-state index in [-0.39, 0.29) is 0 Å². The summed E-state index contributed by atoms with van der Waals surface area (Å²) in [5.41, 5.74) is 0. The summed E-state index contributed by atoms with van der Waals surface area (Å²) < 4.78 is 0. The Morgan fingerprint density at radius 2 is 1.14 bits per heavy atom. The van der Waals surface area contributed by atoms with Crippen LogP contribution in [0, 0.1) is 0 Å². The molecule has 2 nitrogen and oxygen atoms in total. The van der Waals surface area contributed by atoms with E-state index in [0.717, 1.165) is 0 Å². The molecular formula is C5H12N2+2.